The monoisotopic (exact) mass is 298 g/mol. The molecule has 0 aromatic heterocycles. The van der Waals surface area contributed by atoms with Crippen molar-refractivity contribution in [1.29, 1.82) is 0 Å². The maximum absolute atomic E-state index is 12.3. The normalized spacial score (nSPS) is 22.5. The number of hydrogen-bond acceptors (Lipinski definition) is 4. The number of carbonyl (C=O) groups is 1. The Morgan fingerprint density at radius 1 is 1.43 bits per heavy atom. The van der Waals surface area contributed by atoms with Crippen molar-refractivity contribution in [2.24, 2.45) is 5.92 Å². The Morgan fingerprint density at radius 2 is 2.14 bits per heavy atom. The zero-order valence-corrected chi connectivity index (χ0v) is 14.6. The molecule has 4 heteroatoms. The Balaban J connectivity index is 2.51. The average molecular weight is 298 g/mol. The molecular weight excluding hydrogens is 264 g/mol. The fourth-order valence-electron chi connectivity index (χ4n) is 3.30. The lowest BCUT2D eigenvalue weighted by atomic mass is 9.96. The van der Waals surface area contributed by atoms with Gasteiger partial charge in [0.15, 0.2) is 0 Å². The van der Waals surface area contributed by atoms with Gasteiger partial charge in [-0.1, -0.05) is 13.3 Å². The minimum atomic E-state index is -0.576. The minimum absolute atomic E-state index is 0.122. The van der Waals surface area contributed by atoms with Crippen LogP contribution >= 0.6 is 0 Å². The Hall–Kier alpha value is -0.610. The average Bonchev–Trinajstić information content (AvgIpc) is 2.84. The van der Waals surface area contributed by atoms with E-state index in [1.54, 1.807) is 0 Å². The second-order valence-corrected chi connectivity index (χ2v) is 6.85. The van der Waals surface area contributed by atoms with Crippen LogP contribution in [0, 0.1) is 5.92 Å². The van der Waals surface area contributed by atoms with Crippen molar-refractivity contribution in [3.8, 4) is 0 Å². The number of rotatable bonds is 9. The van der Waals surface area contributed by atoms with Crippen molar-refractivity contribution < 1.29 is 9.53 Å². The highest BCUT2D eigenvalue weighted by atomic mass is 16.5. The van der Waals surface area contributed by atoms with E-state index in [1.807, 2.05) is 13.8 Å². The number of nitrogens with zero attached hydrogens (tertiary/aromatic N) is 1. The van der Waals surface area contributed by atoms with Crippen LogP contribution in [0.4, 0.5) is 0 Å². The molecule has 1 heterocycles. The third kappa shape index (κ3) is 5.95. The van der Waals surface area contributed by atoms with Crippen molar-refractivity contribution in [2.45, 2.75) is 71.9 Å². The summed E-state index contributed by atoms with van der Waals surface area (Å²) in [7, 11) is 0. The predicted octanol–water partition coefficient (Wildman–Crippen LogP) is 2.82. The summed E-state index contributed by atoms with van der Waals surface area (Å²) in [5.41, 5.74) is -0.576. The van der Waals surface area contributed by atoms with Crippen molar-refractivity contribution in [2.75, 3.05) is 26.2 Å². The van der Waals surface area contributed by atoms with E-state index in [9.17, 15) is 4.79 Å². The summed E-state index contributed by atoms with van der Waals surface area (Å²) < 4.78 is 5.26. The van der Waals surface area contributed by atoms with Crippen molar-refractivity contribution in [3.63, 3.8) is 0 Å². The molecule has 1 N–H and O–H groups in total. The smallest absolute Gasteiger partial charge is 0.326 e. The largest absolute Gasteiger partial charge is 0.465 e. The quantitative estimate of drug-likeness (QED) is 0.665. The molecule has 0 aromatic rings. The highest BCUT2D eigenvalue weighted by Crippen LogP contribution is 2.23. The van der Waals surface area contributed by atoms with Crippen LogP contribution in [-0.2, 0) is 9.53 Å². The molecule has 0 aliphatic carbocycles. The lowest BCUT2D eigenvalue weighted by Crippen LogP contribution is -2.54. The number of nitrogens with one attached hydrogen (secondary N) is 1. The van der Waals surface area contributed by atoms with Gasteiger partial charge in [-0.2, -0.15) is 0 Å². The van der Waals surface area contributed by atoms with Gasteiger partial charge in [-0.25, -0.2) is 0 Å². The highest BCUT2D eigenvalue weighted by Gasteiger charge is 2.36. The molecule has 0 bridgehead atoms. The standard InChI is InChI=1S/C17H34N2O2/c1-6-8-15-9-11-19(13-15)12-10-17(5,18-14(3)4)16(20)21-7-2/h14-15,18H,6-13H2,1-5H3. The molecule has 0 radical (unpaired) electrons. The number of likely N-dealkylation sites (tertiary alicyclic amines) is 1. The summed E-state index contributed by atoms with van der Waals surface area (Å²) in [6.45, 7) is 14.0. The molecule has 1 aliphatic heterocycles. The van der Waals surface area contributed by atoms with Crippen LogP contribution in [0.5, 0.6) is 0 Å². The van der Waals surface area contributed by atoms with Crippen molar-refractivity contribution >= 4 is 5.97 Å². The number of ether oxygens (including phenoxy) is 1. The molecule has 4 nitrogen and oxygen atoms in total. The molecule has 21 heavy (non-hydrogen) atoms. The first kappa shape index (κ1) is 18.4. The Bertz CT molecular complexity index is 320. The van der Waals surface area contributed by atoms with Crippen LogP contribution in [0.2, 0.25) is 0 Å². The molecule has 1 aliphatic rings. The van der Waals surface area contributed by atoms with E-state index >= 15 is 0 Å². The lowest BCUT2D eigenvalue weighted by molar-refractivity contribution is -0.151. The van der Waals surface area contributed by atoms with E-state index in [4.69, 9.17) is 4.74 Å². The molecule has 0 amide bonds. The number of carbonyl (C=O) groups excluding carboxylic acids is 1. The fraction of sp³-hybridized carbons (Fsp3) is 0.941. The summed E-state index contributed by atoms with van der Waals surface area (Å²) in [6, 6.07) is 0.269. The third-order valence-corrected chi connectivity index (χ3v) is 4.33. The molecule has 0 aromatic carbocycles. The van der Waals surface area contributed by atoms with Gasteiger partial charge in [0.25, 0.3) is 0 Å². The zero-order valence-electron chi connectivity index (χ0n) is 14.6. The topological polar surface area (TPSA) is 41.6 Å². The van der Waals surface area contributed by atoms with Gasteiger partial charge < -0.3 is 9.64 Å². The molecule has 1 fully saturated rings. The van der Waals surface area contributed by atoms with E-state index in [-0.39, 0.29) is 12.0 Å². The summed E-state index contributed by atoms with van der Waals surface area (Å²) in [6.07, 6.45) is 4.72. The summed E-state index contributed by atoms with van der Waals surface area (Å²) >= 11 is 0. The van der Waals surface area contributed by atoms with Gasteiger partial charge in [-0.05, 0) is 59.4 Å². The molecular formula is C17H34N2O2. The SMILES string of the molecule is CCCC1CCN(CCC(C)(NC(C)C)C(=O)OCC)C1. The zero-order chi connectivity index (χ0) is 15.9. The summed E-state index contributed by atoms with van der Waals surface area (Å²) in [5, 5.41) is 3.40. The molecule has 1 saturated heterocycles. The lowest BCUT2D eigenvalue weighted by Gasteiger charge is -2.32. The maximum Gasteiger partial charge on any atom is 0.326 e. The van der Waals surface area contributed by atoms with Gasteiger partial charge in [0, 0.05) is 19.1 Å². The summed E-state index contributed by atoms with van der Waals surface area (Å²) in [5.74, 6) is 0.727. The van der Waals surface area contributed by atoms with Gasteiger partial charge in [0.2, 0.25) is 0 Å². The second-order valence-electron chi connectivity index (χ2n) is 6.85. The van der Waals surface area contributed by atoms with E-state index < -0.39 is 5.54 Å². The van der Waals surface area contributed by atoms with Crippen molar-refractivity contribution in [3.05, 3.63) is 0 Å². The molecule has 2 unspecified atom stereocenters. The number of esters is 1. The molecule has 0 spiro atoms. The van der Waals surface area contributed by atoms with E-state index in [0.29, 0.717) is 6.61 Å². The van der Waals surface area contributed by atoms with Crippen LogP contribution in [0.25, 0.3) is 0 Å². The van der Waals surface area contributed by atoms with Crippen LogP contribution in [0.15, 0.2) is 0 Å². The first-order valence-corrected chi connectivity index (χ1v) is 8.58. The van der Waals surface area contributed by atoms with Crippen molar-refractivity contribution in [1.82, 2.24) is 10.2 Å². The highest BCUT2D eigenvalue weighted by molar-refractivity contribution is 5.80. The predicted molar refractivity (Wildman–Crippen MR) is 87.4 cm³/mol. The Labute approximate surface area is 130 Å². The Kier molecular flexibility index (Phi) is 7.67. The first-order chi connectivity index (χ1) is 9.91. The molecule has 0 saturated carbocycles. The van der Waals surface area contributed by atoms with E-state index in [0.717, 1.165) is 18.9 Å². The maximum atomic E-state index is 12.3. The molecule has 124 valence electrons. The first-order valence-electron chi connectivity index (χ1n) is 8.58. The van der Waals surface area contributed by atoms with Crippen LogP contribution in [0.3, 0.4) is 0 Å². The van der Waals surface area contributed by atoms with Gasteiger partial charge in [0.05, 0.1) is 6.61 Å². The van der Waals surface area contributed by atoms with Crippen LogP contribution < -0.4 is 5.32 Å². The summed E-state index contributed by atoms with van der Waals surface area (Å²) in [4.78, 5) is 14.8. The van der Waals surface area contributed by atoms with Gasteiger partial charge in [-0.3, -0.25) is 10.1 Å². The third-order valence-electron chi connectivity index (χ3n) is 4.33. The van der Waals surface area contributed by atoms with Gasteiger partial charge in [-0.15, -0.1) is 0 Å². The second kappa shape index (κ2) is 8.74. The molecule has 2 atom stereocenters. The van der Waals surface area contributed by atoms with E-state index in [1.165, 1.54) is 32.4 Å². The van der Waals surface area contributed by atoms with Crippen LogP contribution in [-0.4, -0.2) is 48.7 Å². The minimum Gasteiger partial charge on any atom is -0.465 e. The Morgan fingerprint density at radius 3 is 2.71 bits per heavy atom. The van der Waals surface area contributed by atoms with Gasteiger partial charge >= 0.3 is 5.97 Å². The fourth-order valence-corrected chi connectivity index (χ4v) is 3.30. The van der Waals surface area contributed by atoms with Crippen LogP contribution in [0.1, 0.15) is 60.3 Å². The number of hydrogen-bond donors (Lipinski definition) is 1. The molecule has 1 rings (SSSR count). The van der Waals surface area contributed by atoms with Gasteiger partial charge in [0.1, 0.15) is 5.54 Å². The van der Waals surface area contributed by atoms with E-state index in [2.05, 4.69) is 31.0 Å².